The first-order chi connectivity index (χ1) is 12.0. The van der Waals surface area contributed by atoms with Gasteiger partial charge in [-0.1, -0.05) is 12.1 Å². The van der Waals surface area contributed by atoms with Crippen molar-refractivity contribution >= 4 is 18.1 Å². The minimum atomic E-state index is -0.250. The maximum absolute atomic E-state index is 12.0. The molecule has 0 aliphatic carbocycles. The smallest absolute Gasteiger partial charge is 0.290 e. The molecule has 0 bridgehead atoms. The van der Waals surface area contributed by atoms with Crippen molar-refractivity contribution in [3.63, 3.8) is 0 Å². The summed E-state index contributed by atoms with van der Waals surface area (Å²) in [5.41, 5.74) is 4.58. The van der Waals surface area contributed by atoms with Crippen molar-refractivity contribution < 1.29 is 19.4 Å². The Morgan fingerprint density at radius 3 is 2.52 bits per heavy atom. The Hall–Kier alpha value is -3.33. The number of nitrogens with zero attached hydrogens (tertiary/aromatic N) is 1. The molecule has 3 rings (SSSR count). The second kappa shape index (κ2) is 7.97. The summed E-state index contributed by atoms with van der Waals surface area (Å²) in [7, 11) is 1.62. The van der Waals surface area contributed by atoms with Gasteiger partial charge in [-0.15, -0.1) is 0 Å². The summed E-state index contributed by atoms with van der Waals surface area (Å²) in [6.45, 7) is 1.74. The van der Waals surface area contributed by atoms with E-state index in [4.69, 9.17) is 19.9 Å². The topological polar surface area (TPSA) is 99.4 Å². The van der Waals surface area contributed by atoms with Crippen LogP contribution in [0.3, 0.4) is 0 Å². The summed E-state index contributed by atoms with van der Waals surface area (Å²) < 4.78 is 5.33. The van der Waals surface area contributed by atoms with Gasteiger partial charge < -0.3 is 15.2 Å². The van der Waals surface area contributed by atoms with Crippen LogP contribution in [0.2, 0.25) is 0 Å². The van der Waals surface area contributed by atoms with E-state index in [9.17, 15) is 4.79 Å². The maximum Gasteiger partial charge on any atom is 0.290 e. The van der Waals surface area contributed by atoms with E-state index >= 15 is 0 Å². The van der Waals surface area contributed by atoms with Crippen LogP contribution in [0.5, 0.6) is 5.75 Å². The van der Waals surface area contributed by atoms with E-state index in [2.05, 4.69) is 17.5 Å². The number of benzene rings is 2. The average Bonchev–Trinajstić information content (AvgIpc) is 2.62. The number of carboxylic acid groups (broad SMARTS) is 1. The second-order valence-electron chi connectivity index (χ2n) is 5.55. The fourth-order valence-corrected chi connectivity index (χ4v) is 2.91. The highest BCUT2D eigenvalue weighted by Gasteiger charge is 2.27. The lowest BCUT2D eigenvalue weighted by atomic mass is 9.83. The van der Waals surface area contributed by atoms with Gasteiger partial charge in [0, 0.05) is 24.1 Å². The van der Waals surface area contributed by atoms with E-state index in [1.165, 1.54) is 0 Å². The standard InChI is InChI=1S/C18H16N2O2.CH2O2/c1-11-7-15-14(13-5-3-12(10-19)4-6-13)8-18(21)20-16(15)9-17(11)22-2;2-1-3/h3-7,9,14H,8H2,1-2H3,(H,20,21);1H,(H,2,3). The van der Waals surface area contributed by atoms with Gasteiger partial charge >= 0.3 is 0 Å². The third-order valence-corrected chi connectivity index (χ3v) is 4.05. The summed E-state index contributed by atoms with van der Waals surface area (Å²) in [4.78, 5) is 20.4. The number of hydrogen-bond acceptors (Lipinski definition) is 4. The predicted molar refractivity (Wildman–Crippen MR) is 92.7 cm³/mol. The Kier molecular flexibility index (Phi) is 5.75. The van der Waals surface area contributed by atoms with Crippen LogP contribution in [0.15, 0.2) is 36.4 Å². The Labute approximate surface area is 145 Å². The minimum Gasteiger partial charge on any atom is -0.496 e. The number of anilines is 1. The number of carbonyl (C=O) groups excluding carboxylic acids is 1. The van der Waals surface area contributed by atoms with Gasteiger partial charge in [-0.05, 0) is 41.8 Å². The molecule has 1 amide bonds. The van der Waals surface area contributed by atoms with Crippen LogP contribution in [0.25, 0.3) is 0 Å². The Balaban J connectivity index is 0.000000701. The van der Waals surface area contributed by atoms with Gasteiger partial charge in [0.05, 0.1) is 18.7 Å². The fourth-order valence-electron chi connectivity index (χ4n) is 2.91. The average molecular weight is 338 g/mol. The lowest BCUT2D eigenvalue weighted by molar-refractivity contribution is -0.123. The molecule has 0 saturated heterocycles. The molecule has 0 radical (unpaired) electrons. The van der Waals surface area contributed by atoms with Gasteiger partial charge in [-0.25, -0.2) is 0 Å². The molecule has 128 valence electrons. The number of fused-ring (bicyclic) bond motifs is 1. The van der Waals surface area contributed by atoms with Crippen molar-refractivity contribution in [3.05, 3.63) is 58.7 Å². The molecule has 1 aliphatic heterocycles. The molecule has 25 heavy (non-hydrogen) atoms. The lowest BCUT2D eigenvalue weighted by Crippen LogP contribution is -2.23. The van der Waals surface area contributed by atoms with Crippen molar-refractivity contribution in [3.8, 4) is 11.8 Å². The summed E-state index contributed by atoms with van der Waals surface area (Å²) in [5, 5.41) is 18.7. The van der Waals surface area contributed by atoms with Gasteiger partial charge in [0.15, 0.2) is 0 Å². The number of amides is 1. The molecule has 1 atom stereocenters. The Morgan fingerprint density at radius 1 is 1.32 bits per heavy atom. The van der Waals surface area contributed by atoms with Gasteiger partial charge in [0.2, 0.25) is 5.91 Å². The van der Waals surface area contributed by atoms with Crippen molar-refractivity contribution in [1.29, 1.82) is 5.26 Å². The predicted octanol–water partition coefficient (Wildman–Crippen LogP) is 3.05. The number of nitriles is 1. The number of methoxy groups -OCH3 is 1. The van der Waals surface area contributed by atoms with Gasteiger partial charge in [-0.3, -0.25) is 9.59 Å². The number of hydrogen-bond donors (Lipinski definition) is 2. The second-order valence-corrected chi connectivity index (χ2v) is 5.55. The Morgan fingerprint density at radius 2 is 1.96 bits per heavy atom. The molecule has 1 unspecified atom stereocenters. The van der Waals surface area contributed by atoms with E-state index < -0.39 is 0 Å². The molecule has 1 aliphatic rings. The third-order valence-electron chi connectivity index (χ3n) is 4.05. The first kappa shape index (κ1) is 18.0. The molecule has 0 aromatic heterocycles. The van der Waals surface area contributed by atoms with E-state index in [0.717, 1.165) is 28.1 Å². The number of carbonyl (C=O) groups is 2. The van der Waals surface area contributed by atoms with Gasteiger partial charge in [-0.2, -0.15) is 5.26 Å². The van der Waals surface area contributed by atoms with E-state index in [1.54, 1.807) is 19.2 Å². The highest BCUT2D eigenvalue weighted by Crippen LogP contribution is 2.40. The van der Waals surface area contributed by atoms with Gasteiger partial charge in [0.1, 0.15) is 5.75 Å². The molecule has 0 saturated carbocycles. The first-order valence-corrected chi connectivity index (χ1v) is 7.60. The minimum absolute atomic E-state index is 0.00102. The highest BCUT2D eigenvalue weighted by molar-refractivity contribution is 5.95. The number of rotatable bonds is 2. The molecule has 2 N–H and O–H groups in total. The zero-order valence-corrected chi connectivity index (χ0v) is 13.9. The molecule has 0 fully saturated rings. The molecular formula is C19H18N2O4. The van der Waals surface area contributed by atoms with Crippen LogP contribution in [0, 0.1) is 18.3 Å². The molecule has 0 spiro atoms. The largest absolute Gasteiger partial charge is 0.496 e. The number of aryl methyl sites for hydroxylation is 1. The molecule has 2 aromatic carbocycles. The molecular weight excluding hydrogens is 320 g/mol. The zero-order chi connectivity index (χ0) is 18.4. The maximum atomic E-state index is 12.0. The molecule has 1 heterocycles. The lowest BCUT2D eigenvalue weighted by Gasteiger charge is -2.27. The van der Waals surface area contributed by atoms with Crippen LogP contribution in [0.4, 0.5) is 5.69 Å². The molecule has 6 heteroatoms. The highest BCUT2D eigenvalue weighted by atomic mass is 16.5. The molecule has 2 aromatic rings. The zero-order valence-electron chi connectivity index (χ0n) is 13.9. The van der Waals surface area contributed by atoms with Crippen molar-refractivity contribution in [2.75, 3.05) is 12.4 Å². The van der Waals surface area contributed by atoms with E-state index in [-0.39, 0.29) is 18.3 Å². The fraction of sp³-hybridized carbons (Fsp3) is 0.211. The van der Waals surface area contributed by atoms with Crippen LogP contribution < -0.4 is 10.1 Å². The van der Waals surface area contributed by atoms with E-state index in [0.29, 0.717) is 12.0 Å². The summed E-state index contributed by atoms with van der Waals surface area (Å²) in [6.07, 6.45) is 0.407. The summed E-state index contributed by atoms with van der Waals surface area (Å²) in [6, 6.07) is 13.5. The summed E-state index contributed by atoms with van der Waals surface area (Å²) >= 11 is 0. The quantitative estimate of drug-likeness (QED) is 0.820. The van der Waals surface area contributed by atoms with Crippen LogP contribution in [-0.4, -0.2) is 24.6 Å². The molecule has 6 nitrogen and oxygen atoms in total. The Bertz CT molecular complexity index is 823. The van der Waals surface area contributed by atoms with Gasteiger partial charge in [0.25, 0.3) is 6.47 Å². The van der Waals surface area contributed by atoms with E-state index in [1.807, 2.05) is 25.1 Å². The van der Waals surface area contributed by atoms with Crippen molar-refractivity contribution in [2.45, 2.75) is 19.3 Å². The normalized spacial score (nSPS) is 14.9. The van der Waals surface area contributed by atoms with Crippen molar-refractivity contribution in [1.82, 2.24) is 0 Å². The van der Waals surface area contributed by atoms with Crippen LogP contribution >= 0.6 is 0 Å². The first-order valence-electron chi connectivity index (χ1n) is 7.60. The van der Waals surface area contributed by atoms with Crippen LogP contribution in [0.1, 0.15) is 34.6 Å². The monoisotopic (exact) mass is 338 g/mol. The number of ether oxygens (including phenoxy) is 1. The summed E-state index contributed by atoms with van der Waals surface area (Å²) in [5.74, 6) is 0.758. The van der Waals surface area contributed by atoms with Crippen molar-refractivity contribution in [2.24, 2.45) is 0 Å². The SMILES string of the molecule is COc1cc2c(cc1C)C(c1ccc(C#N)cc1)CC(=O)N2.O=CO. The number of nitrogens with one attached hydrogen (secondary N) is 1. The third kappa shape index (κ3) is 3.96. The van der Waals surface area contributed by atoms with Crippen LogP contribution in [-0.2, 0) is 9.59 Å².